The summed E-state index contributed by atoms with van der Waals surface area (Å²) in [4.78, 5) is 18.9. The molecule has 0 aliphatic rings. The summed E-state index contributed by atoms with van der Waals surface area (Å²) < 4.78 is 0. The van der Waals surface area contributed by atoms with E-state index in [0.717, 1.165) is 50.6 Å². The summed E-state index contributed by atoms with van der Waals surface area (Å²) in [6.45, 7) is 8.32. The smallest absolute Gasteiger partial charge is 0.272 e. The molecule has 0 saturated heterocycles. The Kier molecular flexibility index (Phi) is 10.3. The molecule has 1 amide bonds. The van der Waals surface area contributed by atoms with Crippen LogP contribution in [0.1, 0.15) is 80.1 Å². The molecule has 2 aromatic rings. The van der Waals surface area contributed by atoms with Crippen LogP contribution in [0.4, 0.5) is 0 Å². The molecule has 1 aromatic heterocycles. The van der Waals surface area contributed by atoms with Crippen LogP contribution in [0.2, 0.25) is 0 Å². The Hall–Kier alpha value is -2.46. The highest BCUT2D eigenvalue weighted by atomic mass is 16.2. The van der Waals surface area contributed by atoms with Gasteiger partial charge in [-0.25, -0.2) is 0 Å². The first-order valence-electron chi connectivity index (χ1n) is 11.4. The van der Waals surface area contributed by atoms with E-state index in [-0.39, 0.29) is 5.91 Å². The van der Waals surface area contributed by atoms with Crippen molar-refractivity contribution in [1.82, 2.24) is 9.88 Å². The fraction of sp³-hybridized carbons (Fsp3) is 0.462. The molecule has 0 atom stereocenters. The largest absolute Gasteiger partial charge is 0.338 e. The van der Waals surface area contributed by atoms with Crippen molar-refractivity contribution in [2.75, 3.05) is 19.6 Å². The van der Waals surface area contributed by atoms with Crippen LogP contribution in [-0.2, 0) is 6.42 Å². The molecule has 4 heteroatoms. The first kappa shape index (κ1) is 23.8. The predicted octanol–water partition coefficient (Wildman–Crippen LogP) is 5.47. The molecule has 0 radical (unpaired) electrons. The van der Waals surface area contributed by atoms with Crippen molar-refractivity contribution in [3.05, 3.63) is 71.1 Å². The molecule has 4 nitrogen and oxygen atoms in total. The van der Waals surface area contributed by atoms with E-state index in [0.29, 0.717) is 18.8 Å². The van der Waals surface area contributed by atoms with E-state index in [1.165, 1.54) is 16.7 Å². The van der Waals surface area contributed by atoms with Gasteiger partial charge in [-0.2, -0.15) is 0 Å². The number of amides is 1. The van der Waals surface area contributed by atoms with Crippen LogP contribution < -0.4 is 5.73 Å². The van der Waals surface area contributed by atoms with Gasteiger partial charge in [0.2, 0.25) is 0 Å². The molecular weight excluding hydrogens is 370 g/mol. The molecule has 0 unspecified atom stereocenters. The molecule has 0 aliphatic carbocycles. The number of carbonyl (C=O) groups is 1. The topological polar surface area (TPSA) is 59.2 Å². The number of nitrogens with two attached hydrogens (primary N) is 1. The lowest BCUT2D eigenvalue weighted by molar-refractivity contribution is 0.0767. The summed E-state index contributed by atoms with van der Waals surface area (Å²) in [5, 5.41) is 0. The quantitative estimate of drug-likeness (QED) is 0.475. The van der Waals surface area contributed by atoms with E-state index in [2.05, 4.69) is 42.2 Å². The van der Waals surface area contributed by atoms with E-state index in [9.17, 15) is 4.79 Å². The third-order valence-electron chi connectivity index (χ3n) is 5.44. The van der Waals surface area contributed by atoms with Crippen LogP contribution in [0.3, 0.4) is 0 Å². The Morgan fingerprint density at radius 1 is 1.03 bits per heavy atom. The minimum absolute atomic E-state index is 0.00839. The van der Waals surface area contributed by atoms with Gasteiger partial charge in [0.05, 0.1) is 0 Å². The fourth-order valence-corrected chi connectivity index (χ4v) is 3.66. The highest BCUT2D eigenvalue weighted by molar-refractivity contribution is 5.92. The lowest BCUT2D eigenvalue weighted by Gasteiger charge is -2.18. The Labute approximate surface area is 182 Å². The molecule has 0 spiro atoms. The number of hydrogen-bond donors (Lipinski definition) is 1. The minimum Gasteiger partial charge on any atom is -0.338 e. The van der Waals surface area contributed by atoms with Crippen molar-refractivity contribution >= 4 is 11.5 Å². The number of nitrogens with zero attached hydrogens (tertiary/aromatic N) is 2. The number of aromatic nitrogens is 1. The molecule has 0 bridgehead atoms. The minimum atomic E-state index is -0.00839. The summed E-state index contributed by atoms with van der Waals surface area (Å²) in [6.07, 6.45) is 10.7. The van der Waals surface area contributed by atoms with E-state index in [1.807, 2.05) is 32.2 Å². The van der Waals surface area contributed by atoms with Gasteiger partial charge in [0, 0.05) is 24.8 Å². The van der Waals surface area contributed by atoms with Gasteiger partial charge < -0.3 is 10.6 Å². The van der Waals surface area contributed by atoms with Gasteiger partial charge in [-0.3, -0.25) is 9.78 Å². The van der Waals surface area contributed by atoms with Gasteiger partial charge in [0.15, 0.2) is 0 Å². The number of unbranched alkanes of at least 4 members (excludes halogenated alkanes) is 3. The number of aryl methyl sites for hydroxylation is 1. The van der Waals surface area contributed by atoms with Gasteiger partial charge in [-0.1, -0.05) is 56.2 Å². The van der Waals surface area contributed by atoms with Crippen molar-refractivity contribution in [3.63, 3.8) is 0 Å². The Bertz CT molecular complexity index is 807. The zero-order valence-electron chi connectivity index (χ0n) is 18.9. The monoisotopic (exact) mass is 407 g/mol. The molecule has 0 saturated carbocycles. The van der Waals surface area contributed by atoms with Gasteiger partial charge in [-0.15, -0.1) is 0 Å². The summed E-state index contributed by atoms with van der Waals surface area (Å²) in [6, 6.07) is 12.5. The molecule has 162 valence electrons. The standard InChI is InChI=1S/C26H37N3O/c1-4-7-15-24(23-16-11-10-14-21(23)13-9-8-12-19-27)22-17-18-25(28-20-22)26(30)29(5-2)6-3/h10-11,14-18,20H,4-9,12-13,19,27H2,1-3H3/b24-15-. The molecule has 1 heterocycles. The lowest BCUT2D eigenvalue weighted by atomic mass is 9.91. The average molecular weight is 408 g/mol. The van der Waals surface area contributed by atoms with Gasteiger partial charge >= 0.3 is 0 Å². The van der Waals surface area contributed by atoms with Crippen molar-refractivity contribution in [3.8, 4) is 0 Å². The molecule has 0 fully saturated rings. The number of allylic oxidation sites excluding steroid dienone is 1. The molecule has 2 N–H and O–H groups in total. The van der Waals surface area contributed by atoms with Gasteiger partial charge in [0.25, 0.3) is 5.91 Å². The summed E-state index contributed by atoms with van der Waals surface area (Å²) in [5.41, 5.74) is 11.1. The van der Waals surface area contributed by atoms with Crippen molar-refractivity contribution in [2.45, 2.75) is 59.3 Å². The zero-order valence-corrected chi connectivity index (χ0v) is 18.9. The van der Waals surface area contributed by atoms with Crippen molar-refractivity contribution in [1.29, 1.82) is 0 Å². The first-order chi connectivity index (χ1) is 14.7. The predicted molar refractivity (Wildman–Crippen MR) is 127 cm³/mol. The first-order valence-corrected chi connectivity index (χ1v) is 11.4. The van der Waals surface area contributed by atoms with E-state index < -0.39 is 0 Å². The normalized spacial score (nSPS) is 11.5. The lowest BCUT2D eigenvalue weighted by Crippen LogP contribution is -2.31. The second kappa shape index (κ2) is 13.0. The molecular formula is C26H37N3O. The zero-order chi connectivity index (χ0) is 21.8. The maximum atomic E-state index is 12.6. The third kappa shape index (κ3) is 6.53. The SMILES string of the molecule is CCC/C=C(/c1ccc(C(=O)N(CC)CC)nc1)c1ccccc1CCCCCN. The summed E-state index contributed by atoms with van der Waals surface area (Å²) in [7, 11) is 0. The van der Waals surface area contributed by atoms with Crippen molar-refractivity contribution in [2.24, 2.45) is 5.73 Å². The fourth-order valence-electron chi connectivity index (χ4n) is 3.66. The second-order valence-electron chi connectivity index (χ2n) is 7.57. The van der Waals surface area contributed by atoms with Gasteiger partial charge in [0.1, 0.15) is 5.69 Å². The molecule has 0 aliphatic heterocycles. The molecule has 30 heavy (non-hydrogen) atoms. The Morgan fingerprint density at radius 2 is 1.80 bits per heavy atom. The number of hydrogen-bond acceptors (Lipinski definition) is 3. The maximum absolute atomic E-state index is 12.6. The maximum Gasteiger partial charge on any atom is 0.272 e. The van der Waals surface area contributed by atoms with Crippen LogP contribution in [0.5, 0.6) is 0 Å². The Morgan fingerprint density at radius 3 is 2.43 bits per heavy atom. The Balaban J connectivity index is 2.32. The highest BCUT2D eigenvalue weighted by Crippen LogP contribution is 2.28. The second-order valence-corrected chi connectivity index (χ2v) is 7.57. The van der Waals surface area contributed by atoms with Crippen molar-refractivity contribution < 1.29 is 4.79 Å². The highest BCUT2D eigenvalue weighted by Gasteiger charge is 2.15. The van der Waals surface area contributed by atoms with Crippen LogP contribution >= 0.6 is 0 Å². The average Bonchev–Trinajstić information content (AvgIpc) is 2.79. The van der Waals surface area contributed by atoms with E-state index in [4.69, 9.17) is 5.73 Å². The molecule has 2 rings (SSSR count). The van der Waals surface area contributed by atoms with Crippen LogP contribution in [-0.4, -0.2) is 35.4 Å². The third-order valence-corrected chi connectivity index (χ3v) is 5.44. The number of pyridine rings is 1. The number of rotatable bonds is 12. The van der Waals surface area contributed by atoms with Crippen LogP contribution in [0.15, 0.2) is 48.7 Å². The van der Waals surface area contributed by atoms with Crippen LogP contribution in [0.25, 0.3) is 5.57 Å². The van der Waals surface area contributed by atoms with E-state index in [1.54, 1.807) is 4.90 Å². The number of benzene rings is 1. The summed E-state index contributed by atoms with van der Waals surface area (Å²) in [5.74, 6) is -0.00839. The van der Waals surface area contributed by atoms with E-state index >= 15 is 0 Å². The summed E-state index contributed by atoms with van der Waals surface area (Å²) >= 11 is 0. The molecule has 1 aromatic carbocycles. The van der Waals surface area contributed by atoms with Gasteiger partial charge in [-0.05, 0) is 68.8 Å². The van der Waals surface area contributed by atoms with Crippen LogP contribution in [0, 0.1) is 0 Å². The number of carbonyl (C=O) groups excluding carboxylic acids is 1.